The molecule has 0 radical (unpaired) electrons. The molecule has 1 aliphatic carbocycles. The van der Waals surface area contributed by atoms with E-state index in [1.807, 2.05) is 48.7 Å². The van der Waals surface area contributed by atoms with Gasteiger partial charge in [-0.2, -0.15) is 0 Å². The highest BCUT2D eigenvalue weighted by Crippen LogP contribution is 2.40. The maximum atomic E-state index is 4.84. The zero-order valence-corrected chi connectivity index (χ0v) is 12.0. The summed E-state index contributed by atoms with van der Waals surface area (Å²) in [6, 6.07) is 26.6. The van der Waals surface area contributed by atoms with Crippen LogP contribution in [0.2, 0.25) is 0 Å². The number of pyridine rings is 1. The second kappa shape index (κ2) is 5.41. The normalized spacial score (nSPS) is 10.7. The number of benzene rings is 1. The fourth-order valence-corrected chi connectivity index (χ4v) is 2.74. The van der Waals surface area contributed by atoms with E-state index in [1.165, 1.54) is 0 Å². The highest BCUT2D eigenvalue weighted by atomic mass is 14.8. The van der Waals surface area contributed by atoms with Gasteiger partial charge in [-0.25, -0.2) is 4.98 Å². The first kappa shape index (κ1) is 12.7. The summed E-state index contributed by atoms with van der Waals surface area (Å²) in [6.07, 6.45) is 1.81. The molecule has 2 nitrogen and oxygen atoms in total. The van der Waals surface area contributed by atoms with E-state index in [-0.39, 0.29) is 0 Å². The largest absolute Gasteiger partial charge is 0.255 e. The molecule has 0 amide bonds. The third kappa shape index (κ3) is 2.15. The Bertz CT molecular complexity index is 870. The van der Waals surface area contributed by atoms with E-state index in [2.05, 4.69) is 41.4 Å². The van der Waals surface area contributed by atoms with Gasteiger partial charge in [0.1, 0.15) is 0 Å². The SMILES string of the molecule is c1ccc(-c2c3cccccc-3nc2-c2ccccn2)cc1. The smallest absolute Gasteiger partial charge is 0.0978 e. The Kier molecular flexibility index (Phi) is 3.13. The predicted octanol–water partition coefficient (Wildman–Crippen LogP) is 4.92. The van der Waals surface area contributed by atoms with Crippen LogP contribution in [-0.2, 0) is 0 Å². The lowest BCUT2D eigenvalue weighted by molar-refractivity contribution is 1.28. The molecule has 0 fully saturated rings. The summed E-state index contributed by atoms with van der Waals surface area (Å²) >= 11 is 0. The average Bonchev–Trinajstić information content (AvgIpc) is 2.79. The molecule has 0 unspecified atom stereocenters. The summed E-state index contributed by atoms with van der Waals surface area (Å²) in [5.41, 5.74) is 6.29. The van der Waals surface area contributed by atoms with Crippen LogP contribution in [0.1, 0.15) is 0 Å². The molecule has 1 aromatic carbocycles. The van der Waals surface area contributed by atoms with Crippen molar-refractivity contribution in [2.24, 2.45) is 0 Å². The highest BCUT2D eigenvalue weighted by Gasteiger charge is 2.19. The Morgan fingerprint density at radius 2 is 1.27 bits per heavy atom. The van der Waals surface area contributed by atoms with Crippen LogP contribution in [0, 0.1) is 0 Å². The van der Waals surface area contributed by atoms with Crippen molar-refractivity contribution in [3.05, 3.63) is 85.1 Å². The molecule has 0 atom stereocenters. The summed E-state index contributed by atoms with van der Waals surface area (Å²) in [6.45, 7) is 0. The van der Waals surface area contributed by atoms with Crippen molar-refractivity contribution in [3.8, 4) is 33.8 Å². The second-order valence-electron chi connectivity index (χ2n) is 5.13. The quantitative estimate of drug-likeness (QED) is 0.521. The minimum Gasteiger partial charge on any atom is -0.255 e. The number of hydrogen-bond donors (Lipinski definition) is 0. The Balaban J connectivity index is 2.06. The van der Waals surface area contributed by atoms with Crippen molar-refractivity contribution in [1.29, 1.82) is 0 Å². The molecule has 104 valence electrons. The van der Waals surface area contributed by atoms with E-state index >= 15 is 0 Å². The molecule has 22 heavy (non-hydrogen) atoms. The van der Waals surface area contributed by atoms with Crippen LogP contribution in [-0.4, -0.2) is 9.97 Å². The van der Waals surface area contributed by atoms with Crippen molar-refractivity contribution in [3.63, 3.8) is 0 Å². The summed E-state index contributed by atoms with van der Waals surface area (Å²) in [7, 11) is 0. The number of nitrogens with zero attached hydrogens (tertiary/aromatic N) is 2. The summed E-state index contributed by atoms with van der Waals surface area (Å²) in [5, 5.41) is 0. The third-order valence-electron chi connectivity index (χ3n) is 3.72. The fourth-order valence-electron chi connectivity index (χ4n) is 2.74. The van der Waals surface area contributed by atoms with Crippen LogP contribution in [0.15, 0.2) is 85.1 Å². The van der Waals surface area contributed by atoms with Gasteiger partial charge in [0.15, 0.2) is 0 Å². The number of aromatic nitrogens is 2. The fraction of sp³-hybridized carbons (Fsp3) is 0. The number of fused-ring (bicyclic) bond motifs is 1. The molecule has 0 N–H and O–H groups in total. The molecule has 0 saturated heterocycles. The molecular formula is C20H14N2. The second-order valence-corrected chi connectivity index (χ2v) is 5.13. The molecule has 1 aromatic heterocycles. The van der Waals surface area contributed by atoms with Gasteiger partial charge in [0.25, 0.3) is 0 Å². The van der Waals surface area contributed by atoms with Gasteiger partial charge in [-0.1, -0.05) is 60.7 Å². The van der Waals surface area contributed by atoms with E-state index in [0.717, 1.165) is 33.8 Å². The molecule has 2 heterocycles. The Labute approximate surface area is 129 Å². The van der Waals surface area contributed by atoms with Crippen LogP contribution in [0.3, 0.4) is 0 Å². The van der Waals surface area contributed by atoms with Crippen LogP contribution >= 0.6 is 0 Å². The standard InChI is InChI=1S/C20H14N2/c1-3-9-15(10-4-1)19-16-11-5-2-6-12-17(16)22-20(19)18-13-7-8-14-21-18/h1-14H. The molecule has 0 saturated carbocycles. The summed E-state index contributed by atoms with van der Waals surface area (Å²) in [5.74, 6) is 0. The van der Waals surface area contributed by atoms with E-state index in [1.54, 1.807) is 0 Å². The highest BCUT2D eigenvalue weighted by molar-refractivity contribution is 5.93. The van der Waals surface area contributed by atoms with Crippen molar-refractivity contribution in [1.82, 2.24) is 9.97 Å². The number of rotatable bonds is 2. The van der Waals surface area contributed by atoms with E-state index in [0.29, 0.717) is 0 Å². The van der Waals surface area contributed by atoms with Crippen molar-refractivity contribution in [2.45, 2.75) is 0 Å². The van der Waals surface area contributed by atoms with Gasteiger partial charge in [0, 0.05) is 17.3 Å². The van der Waals surface area contributed by atoms with Crippen LogP contribution in [0.4, 0.5) is 0 Å². The molecule has 2 aromatic rings. The molecule has 2 heteroatoms. The first-order valence-electron chi connectivity index (χ1n) is 7.29. The minimum absolute atomic E-state index is 0.903. The minimum atomic E-state index is 0.903. The zero-order valence-electron chi connectivity index (χ0n) is 12.0. The Morgan fingerprint density at radius 3 is 2.05 bits per heavy atom. The van der Waals surface area contributed by atoms with Crippen molar-refractivity contribution >= 4 is 0 Å². The van der Waals surface area contributed by atoms with E-state index < -0.39 is 0 Å². The summed E-state index contributed by atoms with van der Waals surface area (Å²) < 4.78 is 0. The van der Waals surface area contributed by atoms with Crippen molar-refractivity contribution < 1.29 is 0 Å². The van der Waals surface area contributed by atoms with Gasteiger partial charge in [-0.05, 0) is 23.8 Å². The predicted molar refractivity (Wildman–Crippen MR) is 89.5 cm³/mol. The summed E-state index contributed by atoms with van der Waals surface area (Å²) in [4.78, 5) is 9.32. The lowest BCUT2D eigenvalue weighted by atomic mass is 9.99. The van der Waals surface area contributed by atoms with Gasteiger partial charge >= 0.3 is 0 Å². The first-order chi connectivity index (χ1) is 10.9. The van der Waals surface area contributed by atoms with Gasteiger partial charge in [0.05, 0.1) is 17.1 Å². The Hall–Kier alpha value is -3.00. The van der Waals surface area contributed by atoms with Crippen LogP contribution in [0.5, 0.6) is 0 Å². The monoisotopic (exact) mass is 282 g/mol. The lowest BCUT2D eigenvalue weighted by Crippen LogP contribution is -1.85. The molecule has 0 spiro atoms. The van der Waals surface area contributed by atoms with E-state index in [4.69, 9.17) is 4.98 Å². The third-order valence-corrected chi connectivity index (χ3v) is 3.72. The zero-order chi connectivity index (χ0) is 14.8. The van der Waals surface area contributed by atoms with E-state index in [9.17, 15) is 0 Å². The average molecular weight is 282 g/mol. The molecule has 1 aliphatic heterocycles. The van der Waals surface area contributed by atoms with Crippen LogP contribution < -0.4 is 0 Å². The maximum Gasteiger partial charge on any atom is 0.0978 e. The molecule has 4 rings (SSSR count). The lowest BCUT2D eigenvalue weighted by Gasteiger charge is -2.04. The molecular weight excluding hydrogens is 268 g/mol. The molecule has 2 aliphatic rings. The Morgan fingerprint density at radius 1 is 0.591 bits per heavy atom. The van der Waals surface area contributed by atoms with Gasteiger partial charge in [-0.3, -0.25) is 4.98 Å². The van der Waals surface area contributed by atoms with Gasteiger partial charge < -0.3 is 0 Å². The van der Waals surface area contributed by atoms with Gasteiger partial charge in [0.2, 0.25) is 0 Å². The van der Waals surface area contributed by atoms with Gasteiger partial charge in [-0.15, -0.1) is 0 Å². The van der Waals surface area contributed by atoms with Crippen molar-refractivity contribution in [2.75, 3.05) is 0 Å². The van der Waals surface area contributed by atoms with Crippen LogP contribution in [0.25, 0.3) is 33.8 Å². The number of hydrogen-bond acceptors (Lipinski definition) is 2. The molecule has 0 bridgehead atoms. The maximum absolute atomic E-state index is 4.84. The first-order valence-corrected chi connectivity index (χ1v) is 7.29. The topological polar surface area (TPSA) is 25.8 Å².